The summed E-state index contributed by atoms with van der Waals surface area (Å²) in [4.78, 5) is 4.52. The Hall–Kier alpha value is -2.95. The lowest BCUT2D eigenvalue weighted by Gasteiger charge is -2.45. The molecule has 32 heavy (non-hydrogen) atoms. The van der Waals surface area contributed by atoms with Crippen molar-refractivity contribution in [1.29, 1.82) is 10.5 Å². The number of sulfonamides is 1. The summed E-state index contributed by atoms with van der Waals surface area (Å²) in [5.41, 5.74) is 2.77. The summed E-state index contributed by atoms with van der Waals surface area (Å²) in [5, 5.41) is 17.8. The van der Waals surface area contributed by atoms with Crippen molar-refractivity contribution < 1.29 is 13.2 Å². The van der Waals surface area contributed by atoms with Crippen LogP contribution in [-0.4, -0.2) is 68.9 Å². The third-order valence-electron chi connectivity index (χ3n) is 5.69. The van der Waals surface area contributed by atoms with Gasteiger partial charge in [0.05, 0.1) is 41.2 Å². The monoisotopic (exact) mass is 451 g/mol. The second-order valence-corrected chi connectivity index (χ2v) is 10.1. The summed E-state index contributed by atoms with van der Waals surface area (Å²) in [6.45, 7) is 4.24. The zero-order valence-electron chi connectivity index (χ0n) is 17.6. The zero-order valence-corrected chi connectivity index (χ0v) is 18.5. The van der Waals surface area contributed by atoms with E-state index >= 15 is 0 Å². The number of nitrogens with zero attached hydrogens (tertiary/aromatic N) is 4. The van der Waals surface area contributed by atoms with Crippen LogP contribution < -0.4 is 4.72 Å². The Labute approximate surface area is 188 Å². The van der Waals surface area contributed by atoms with E-state index in [1.165, 1.54) is 5.56 Å². The largest absolute Gasteiger partial charge is 0.370 e. The van der Waals surface area contributed by atoms with Crippen LogP contribution in [0.1, 0.15) is 16.7 Å². The molecular weight excluding hydrogens is 426 g/mol. The number of morpholine rings is 2. The van der Waals surface area contributed by atoms with Gasteiger partial charge in [-0.25, -0.2) is 8.42 Å². The van der Waals surface area contributed by atoms with Crippen molar-refractivity contribution in [3.63, 3.8) is 0 Å². The lowest BCUT2D eigenvalue weighted by Crippen LogP contribution is -2.59. The summed E-state index contributed by atoms with van der Waals surface area (Å²) < 4.78 is 33.6. The number of nitrogens with one attached hydrogen (secondary N) is 1. The van der Waals surface area contributed by atoms with Gasteiger partial charge in [-0.05, 0) is 42.0 Å². The van der Waals surface area contributed by atoms with E-state index in [1.807, 2.05) is 30.3 Å². The van der Waals surface area contributed by atoms with Crippen LogP contribution in [0.15, 0.2) is 48.5 Å². The molecule has 2 atom stereocenters. The zero-order chi connectivity index (χ0) is 22.6. The van der Waals surface area contributed by atoms with Gasteiger partial charge in [-0.2, -0.15) is 10.5 Å². The van der Waals surface area contributed by atoms with Gasteiger partial charge < -0.3 is 4.74 Å². The normalized spacial score (nSPS) is 21.4. The van der Waals surface area contributed by atoms with Gasteiger partial charge in [-0.3, -0.25) is 14.5 Å². The summed E-state index contributed by atoms with van der Waals surface area (Å²) >= 11 is 0. The highest BCUT2D eigenvalue weighted by atomic mass is 32.2. The maximum absolute atomic E-state index is 12.5. The molecular formula is C23H25N5O3S. The number of ether oxygens (including phenoxy) is 1. The van der Waals surface area contributed by atoms with Gasteiger partial charge in [-0.15, -0.1) is 0 Å². The van der Waals surface area contributed by atoms with Gasteiger partial charge in [0, 0.05) is 45.0 Å². The van der Waals surface area contributed by atoms with E-state index in [2.05, 4.69) is 20.6 Å². The first-order chi connectivity index (χ1) is 15.4. The van der Waals surface area contributed by atoms with Crippen LogP contribution >= 0.6 is 0 Å². The van der Waals surface area contributed by atoms with Crippen molar-refractivity contribution >= 4 is 15.7 Å². The second-order valence-electron chi connectivity index (χ2n) is 8.25. The van der Waals surface area contributed by atoms with E-state index in [4.69, 9.17) is 15.3 Å². The molecule has 2 aromatic carbocycles. The topological polar surface area (TPSA) is 109 Å². The lowest BCUT2D eigenvalue weighted by atomic mass is 10.1. The van der Waals surface area contributed by atoms with Crippen LogP contribution in [0.5, 0.6) is 0 Å². The number of rotatable bonds is 7. The fraction of sp³-hybridized carbons (Fsp3) is 0.391. The van der Waals surface area contributed by atoms with Gasteiger partial charge in [0.15, 0.2) is 0 Å². The molecule has 8 nitrogen and oxygen atoms in total. The molecule has 0 saturated carbocycles. The van der Waals surface area contributed by atoms with Crippen LogP contribution in [-0.2, 0) is 21.3 Å². The molecule has 2 bridgehead atoms. The smallest absolute Gasteiger partial charge is 0.233 e. The Bertz CT molecular complexity index is 1110. The lowest BCUT2D eigenvalue weighted by molar-refractivity contribution is -0.139. The quantitative estimate of drug-likeness (QED) is 0.683. The SMILES string of the molecule is N#Cc1ccc(CN2CC3CN(CCS(=O)(=O)Nc4ccc(C#N)cc4)CC(C2)O3)cc1. The fourth-order valence-corrected chi connectivity index (χ4v) is 5.30. The molecule has 1 N–H and O–H groups in total. The molecule has 0 radical (unpaired) electrons. The van der Waals surface area contributed by atoms with Crippen LogP contribution in [0.3, 0.4) is 0 Å². The maximum Gasteiger partial charge on any atom is 0.233 e. The van der Waals surface area contributed by atoms with Crippen molar-refractivity contribution in [2.75, 3.05) is 43.2 Å². The third-order valence-corrected chi connectivity index (χ3v) is 6.95. The average Bonchev–Trinajstić information content (AvgIpc) is 2.78. The Morgan fingerprint density at radius 2 is 1.41 bits per heavy atom. The van der Waals surface area contributed by atoms with Crippen molar-refractivity contribution in [1.82, 2.24) is 9.80 Å². The van der Waals surface area contributed by atoms with E-state index < -0.39 is 10.0 Å². The van der Waals surface area contributed by atoms with Gasteiger partial charge in [-0.1, -0.05) is 12.1 Å². The van der Waals surface area contributed by atoms with Gasteiger partial charge in [0.2, 0.25) is 10.0 Å². The van der Waals surface area contributed by atoms with Crippen LogP contribution in [0.2, 0.25) is 0 Å². The molecule has 2 unspecified atom stereocenters. The standard InChI is InChI=1S/C23H25N5O3S/c24-11-18-1-3-20(4-2-18)13-28-16-22-14-27(15-23(17-28)31-22)9-10-32(29,30)26-21-7-5-19(12-25)6-8-21/h1-8,22-23,26H,9-10,13-17H2. The Kier molecular flexibility index (Phi) is 6.73. The molecule has 4 rings (SSSR count). The molecule has 166 valence electrons. The van der Waals surface area contributed by atoms with E-state index in [1.54, 1.807) is 24.3 Å². The molecule has 9 heteroatoms. The first-order valence-corrected chi connectivity index (χ1v) is 12.2. The molecule has 0 amide bonds. The molecule has 0 aromatic heterocycles. The Morgan fingerprint density at radius 1 is 0.875 bits per heavy atom. The Morgan fingerprint density at radius 3 is 1.97 bits per heavy atom. The summed E-state index contributed by atoms with van der Waals surface area (Å²) in [6.07, 6.45) is 0.102. The fourth-order valence-electron chi connectivity index (χ4n) is 4.21. The van der Waals surface area contributed by atoms with E-state index in [-0.39, 0.29) is 18.0 Å². The molecule has 0 spiro atoms. The van der Waals surface area contributed by atoms with E-state index in [9.17, 15) is 8.42 Å². The summed E-state index contributed by atoms with van der Waals surface area (Å²) in [5.74, 6) is 0.00139. The summed E-state index contributed by atoms with van der Waals surface area (Å²) in [6, 6.07) is 18.2. The minimum absolute atomic E-state index is 0.00139. The second kappa shape index (κ2) is 9.68. The first-order valence-electron chi connectivity index (χ1n) is 10.5. The number of fused-ring (bicyclic) bond motifs is 2. The highest BCUT2D eigenvalue weighted by molar-refractivity contribution is 7.92. The molecule has 2 aromatic rings. The number of hydrogen-bond acceptors (Lipinski definition) is 7. The number of hydrogen-bond donors (Lipinski definition) is 1. The average molecular weight is 452 g/mol. The Balaban J connectivity index is 1.27. The van der Waals surface area contributed by atoms with Crippen molar-refractivity contribution in [2.24, 2.45) is 0 Å². The highest BCUT2D eigenvalue weighted by Crippen LogP contribution is 2.21. The molecule has 2 fully saturated rings. The van der Waals surface area contributed by atoms with Crippen LogP contribution in [0.4, 0.5) is 5.69 Å². The van der Waals surface area contributed by atoms with Gasteiger partial charge in [0.1, 0.15) is 0 Å². The predicted octanol–water partition coefficient (Wildman–Crippen LogP) is 1.76. The first kappa shape index (κ1) is 22.3. The molecule has 2 aliphatic heterocycles. The molecule has 2 heterocycles. The molecule has 2 aliphatic rings. The minimum Gasteiger partial charge on any atom is -0.370 e. The third kappa shape index (κ3) is 5.84. The maximum atomic E-state index is 12.5. The van der Waals surface area contributed by atoms with Gasteiger partial charge in [0.25, 0.3) is 0 Å². The number of anilines is 1. The van der Waals surface area contributed by atoms with Crippen molar-refractivity contribution in [3.05, 3.63) is 65.2 Å². The number of benzene rings is 2. The van der Waals surface area contributed by atoms with E-state index in [0.717, 1.165) is 19.6 Å². The van der Waals surface area contributed by atoms with Gasteiger partial charge >= 0.3 is 0 Å². The number of nitriles is 2. The molecule has 0 aliphatic carbocycles. The van der Waals surface area contributed by atoms with Crippen LogP contribution in [0, 0.1) is 22.7 Å². The van der Waals surface area contributed by atoms with E-state index in [0.29, 0.717) is 36.4 Å². The summed E-state index contributed by atoms with van der Waals surface area (Å²) in [7, 11) is -3.48. The van der Waals surface area contributed by atoms with Crippen molar-refractivity contribution in [2.45, 2.75) is 18.8 Å². The predicted molar refractivity (Wildman–Crippen MR) is 120 cm³/mol. The highest BCUT2D eigenvalue weighted by Gasteiger charge is 2.35. The van der Waals surface area contributed by atoms with Crippen LogP contribution in [0.25, 0.3) is 0 Å². The molecule has 2 saturated heterocycles. The van der Waals surface area contributed by atoms with Crippen molar-refractivity contribution in [3.8, 4) is 12.1 Å². The minimum atomic E-state index is -3.48.